The number of aliphatic hydroxyl groups excluding tert-OH is 1. The summed E-state index contributed by atoms with van der Waals surface area (Å²) in [4.78, 5) is 0.916. The molecule has 108 valence electrons. The van der Waals surface area contributed by atoms with Crippen LogP contribution >= 0.6 is 11.3 Å². The zero-order chi connectivity index (χ0) is 14.0. The average Bonchev–Trinajstić information content (AvgIpc) is 2.82. The van der Waals surface area contributed by atoms with Gasteiger partial charge in [-0.1, -0.05) is 6.92 Å². The normalized spacial score (nSPS) is 25.6. The van der Waals surface area contributed by atoms with Crippen LogP contribution in [-0.4, -0.2) is 37.0 Å². The van der Waals surface area contributed by atoms with E-state index in [1.807, 2.05) is 6.92 Å². The van der Waals surface area contributed by atoms with Gasteiger partial charge in [0.05, 0.1) is 0 Å². The van der Waals surface area contributed by atoms with Gasteiger partial charge >= 0.3 is 0 Å². The summed E-state index contributed by atoms with van der Waals surface area (Å²) >= 11 is 1.27. The van der Waals surface area contributed by atoms with E-state index in [1.54, 1.807) is 16.4 Å². The zero-order valence-electron chi connectivity index (χ0n) is 11.4. The number of hydrogen-bond acceptors (Lipinski definition) is 4. The first-order valence-electron chi connectivity index (χ1n) is 6.68. The fourth-order valence-electron chi connectivity index (χ4n) is 2.49. The molecule has 6 heteroatoms. The Morgan fingerprint density at radius 3 is 2.84 bits per heavy atom. The summed E-state index contributed by atoms with van der Waals surface area (Å²) in [7, 11) is -3.37. The standard InChI is InChI=1S/C13H21NO3S2/c1-10-4-3-8-14(11(10)2)19(16,17)13-6-5-12(18-13)7-9-15/h5-6,10-11,15H,3-4,7-9H2,1-2H3. The minimum Gasteiger partial charge on any atom is -0.396 e. The van der Waals surface area contributed by atoms with Gasteiger partial charge in [0.1, 0.15) is 4.21 Å². The van der Waals surface area contributed by atoms with Gasteiger partial charge in [-0.3, -0.25) is 0 Å². The van der Waals surface area contributed by atoms with Crippen LogP contribution in [0, 0.1) is 5.92 Å². The molecule has 0 radical (unpaired) electrons. The van der Waals surface area contributed by atoms with E-state index in [0.717, 1.165) is 17.7 Å². The quantitative estimate of drug-likeness (QED) is 0.926. The van der Waals surface area contributed by atoms with Gasteiger partial charge in [0.2, 0.25) is 0 Å². The zero-order valence-corrected chi connectivity index (χ0v) is 13.0. The summed E-state index contributed by atoms with van der Waals surface area (Å²) in [5.41, 5.74) is 0. The van der Waals surface area contributed by atoms with Crippen molar-refractivity contribution in [1.29, 1.82) is 0 Å². The van der Waals surface area contributed by atoms with Crippen molar-refractivity contribution in [3.63, 3.8) is 0 Å². The summed E-state index contributed by atoms with van der Waals surface area (Å²) in [6, 6.07) is 3.52. The van der Waals surface area contributed by atoms with E-state index in [-0.39, 0.29) is 12.6 Å². The number of rotatable bonds is 4. The second-order valence-electron chi connectivity index (χ2n) is 5.17. The minimum absolute atomic E-state index is 0.0527. The topological polar surface area (TPSA) is 57.6 Å². The van der Waals surface area contributed by atoms with Crippen molar-refractivity contribution < 1.29 is 13.5 Å². The molecule has 1 aliphatic rings. The van der Waals surface area contributed by atoms with E-state index >= 15 is 0 Å². The van der Waals surface area contributed by atoms with Crippen molar-refractivity contribution >= 4 is 21.4 Å². The maximum Gasteiger partial charge on any atom is 0.252 e. The van der Waals surface area contributed by atoms with Crippen LogP contribution in [0.5, 0.6) is 0 Å². The lowest BCUT2D eigenvalue weighted by Gasteiger charge is -2.36. The monoisotopic (exact) mass is 303 g/mol. The van der Waals surface area contributed by atoms with Gasteiger partial charge < -0.3 is 5.11 Å². The fourth-order valence-corrected chi connectivity index (χ4v) is 5.73. The molecule has 2 unspecified atom stereocenters. The predicted molar refractivity (Wildman–Crippen MR) is 76.9 cm³/mol. The number of thiophene rings is 1. The van der Waals surface area contributed by atoms with E-state index in [1.165, 1.54) is 11.3 Å². The van der Waals surface area contributed by atoms with Crippen LogP contribution < -0.4 is 0 Å². The lowest BCUT2D eigenvalue weighted by Crippen LogP contribution is -2.45. The van der Waals surface area contributed by atoms with Gasteiger partial charge in [-0.25, -0.2) is 8.42 Å². The van der Waals surface area contributed by atoms with Crippen molar-refractivity contribution in [2.45, 2.75) is 43.4 Å². The molecule has 1 N–H and O–H groups in total. The van der Waals surface area contributed by atoms with Crippen molar-refractivity contribution in [3.05, 3.63) is 17.0 Å². The molecule has 4 nitrogen and oxygen atoms in total. The van der Waals surface area contributed by atoms with Crippen LogP contribution in [-0.2, 0) is 16.4 Å². The third-order valence-corrected chi connectivity index (χ3v) is 7.47. The summed E-state index contributed by atoms with van der Waals surface area (Å²) < 4.78 is 27.3. The van der Waals surface area contributed by atoms with Crippen LogP contribution in [0.3, 0.4) is 0 Å². The summed E-state index contributed by atoms with van der Waals surface area (Å²) in [6.07, 6.45) is 2.54. The van der Waals surface area contributed by atoms with Crippen LogP contribution in [0.1, 0.15) is 31.6 Å². The second-order valence-corrected chi connectivity index (χ2v) is 8.46. The molecule has 1 aromatic rings. The van der Waals surface area contributed by atoms with Gasteiger partial charge in [-0.15, -0.1) is 11.3 Å². The highest BCUT2D eigenvalue weighted by molar-refractivity contribution is 7.91. The van der Waals surface area contributed by atoms with Gasteiger partial charge in [-0.05, 0) is 37.8 Å². The molecule has 1 saturated heterocycles. The molecule has 1 aromatic heterocycles. The van der Waals surface area contributed by atoms with E-state index in [9.17, 15) is 8.42 Å². The molecule has 0 spiro atoms. The molecule has 2 rings (SSSR count). The molecule has 0 bridgehead atoms. The highest BCUT2D eigenvalue weighted by atomic mass is 32.2. The SMILES string of the molecule is CC1CCCN(S(=O)(=O)c2ccc(CCO)s2)C1C. The van der Waals surface area contributed by atoms with Gasteiger partial charge in [0.15, 0.2) is 0 Å². The van der Waals surface area contributed by atoms with E-state index in [4.69, 9.17) is 5.11 Å². The molecule has 0 amide bonds. The molecule has 1 aliphatic heterocycles. The van der Waals surface area contributed by atoms with Crippen molar-refractivity contribution in [1.82, 2.24) is 4.31 Å². The number of hydrogen-bond donors (Lipinski definition) is 1. The molecular formula is C13H21NO3S2. The Hall–Kier alpha value is -0.430. The number of sulfonamides is 1. The Morgan fingerprint density at radius 2 is 2.16 bits per heavy atom. The number of nitrogens with zero attached hydrogens (tertiary/aromatic N) is 1. The third-order valence-electron chi connectivity index (χ3n) is 3.87. The van der Waals surface area contributed by atoms with Gasteiger partial charge in [0.25, 0.3) is 10.0 Å². The van der Waals surface area contributed by atoms with Gasteiger partial charge in [-0.2, -0.15) is 4.31 Å². The molecule has 0 aliphatic carbocycles. The third kappa shape index (κ3) is 3.02. The summed E-state index contributed by atoms with van der Waals surface area (Å²) in [5.74, 6) is 0.403. The maximum absolute atomic E-state index is 12.6. The van der Waals surface area contributed by atoms with Crippen molar-refractivity contribution in [2.75, 3.05) is 13.2 Å². The van der Waals surface area contributed by atoms with E-state index < -0.39 is 10.0 Å². The molecule has 0 aromatic carbocycles. The Balaban J connectivity index is 2.25. The van der Waals surface area contributed by atoms with Crippen molar-refractivity contribution in [2.24, 2.45) is 5.92 Å². The first-order chi connectivity index (χ1) is 8.96. The maximum atomic E-state index is 12.6. The Kier molecular flexibility index (Phi) is 4.66. The molecule has 2 atom stereocenters. The van der Waals surface area contributed by atoms with E-state index in [0.29, 0.717) is 23.1 Å². The predicted octanol–water partition coefficient (Wildman–Crippen LogP) is 2.09. The van der Waals surface area contributed by atoms with Crippen LogP contribution in [0.15, 0.2) is 16.3 Å². The largest absolute Gasteiger partial charge is 0.396 e. The highest BCUT2D eigenvalue weighted by Crippen LogP contribution is 2.31. The summed E-state index contributed by atoms with van der Waals surface area (Å²) in [6.45, 7) is 4.76. The number of aliphatic hydroxyl groups is 1. The summed E-state index contributed by atoms with van der Waals surface area (Å²) in [5, 5.41) is 8.90. The Labute approximate surface area is 119 Å². The lowest BCUT2D eigenvalue weighted by atomic mass is 9.94. The first-order valence-corrected chi connectivity index (χ1v) is 8.94. The molecule has 1 fully saturated rings. The average molecular weight is 303 g/mol. The molecule has 0 saturated carbocycles. The first kappa shape index (κ1) is 15.0. The Morgan fingerprint density at radius 1 is 1.42 bits per heavy atom. The minimum atomic E-state index is -3.37. The van der Waals surface area contributed by atoms with Crippen LogP contribution in [0.25, 0.3) is 0 Å². The highest BCUT2D eigenvalue weighted by Gasteiger charge is 2.35. The molecular weight excluding hydrogens is 282 g/mol. The Bertz CT molecular complexity index is 524. The van der Waals surface area contributed by atoms with Gasteiger partial charge in [0, 0.05) is 30.5 Å². The second kappa shape index (κ2) is 5.91. The molecule has 19 heavy (non-hydrogen) atoms. The van der Waals surface area contributed by atoms with Crippen molar-refractivity contribution in [3.8, 4) is 0 Å². The fraction of sp³-hybridized carbons (Fsp3) is 0.692. The molecule has 2 heterocycles. The lowest BCUT2D eigenvalue weighted by molar-refractivity contribution is 0.202. The smallest absolute Gasteiger partial charge is 0.252 e. The number of piperidine rings is 1. The van der Waals surface area contributed by atoms with E-state index in [2.05, 4.69) is 6.92 Å². The van der Waals surface area contributed by atoms with Crippen LogP contribution in [0.4, 0.5) is 0 Å². The van der Waals surface area contributed by atoms with Crippen LogP contribution in [0.2, 0.25) is 0 Å².